The van der Waals surface area contributed by atoms with Crippen molar-refractivity contribution in [3.8, 4) is 5.75 Å². The number of nitrogens with one attached hydrogen (secondary N) is 1. The van der Waals surface area contributed by atoms with Crippen LogP contribution < -0.4 is 9.62 Å². The lowest BCUT2D eigenvalue weighted by Gasteiger charge is -2.28. The van der Waals surface area contributed by atoms with Crippen molar-refractivity contribution in [1.29, 1.82) is 0 Å². The van der Waals surface area contributed by atoms with Crippen molar-refractivity contribution in [3.63, 3.8) is 0 Å². The minimum Gasteiger partial charge on any atom is -0.504 e. The number of amides is 1. The number of aryl methyl sites for hydroxylation is 1. The molecule has 0 atom stereocenters. The fraction of sp³-hybridized carbons (Fsp3) is 0.348. The van der Waals surface area contributed by atoms with Crippen LogP contribution in [0.5, 0.6) is 5.75 Å². The van der Waals surface area contributed by atoms with Crippen molar-refractivity contribution in [2.45, 2.75) is 40.2 Å². The van der Waals surface area contributed by atoms with Gasteiger partial charge in [0, 0.05) is 24.7 Å². The smallest absolute Gasteiger partial charge is 0.274 e. The number of carbonyl (C=O) groups is 1. The van der Waals surface area contributed by atoms with Gasteiger partial charge in [-0.15, -0.1) is 0 Å². The van der Waals surface area contributed by atoms with E-state index in [1.165, 1.54) is 10.5 Å². The summed E-state index contributed by atoms with van der Waals surface area (Å²) in [6.45, 7) is 6.48. The van der Waals surface area contributed by atoms with Crippen LogP contribution in [0.1, 0.15) is 48.3 Å². The Kier molecular flexibility index (Phi) is 7.29. The summed E-state index contributed by atoms with van der Waals surface area (Å²) >= 11 is 0. The van der Waals surface area contributed by atoms with E-state index in [-0.39, 0.29) is 41.6 Å². The quantitative estimate of drug-likeness (QED) is 0.621. The van der Waals surface area contributed by atoms with E-state index >= 15 is 0 Å². The molecule has 32 heavy (non-hydrogen) atoms. The standard InChI is InChI=1S/C21H22N4O4S.C2H6/c1-14-6-4-7-15(12-14)13-23-21(27)18-19(26)17-16(8-5-9-22-17)20(24-18)25-10-2-3-11-30(25,28)29;1-2/h4-9,12,26H,2-3,10-11,13H2,1H3,(H,23,27);1-2H3. The highest BCUT2D eigenvalue weighted by molar-refractivity contribution is 7.92. The molecule has 3 aromatic rings. The maximum Gasteiger partial charge on any atom is 0.274 e. The molecule has 4 rings (SSSR count). The first-order valence-corrected chi connectivity index (χ1v) is 12.3. The third-order valence-corrected chi connectivity index (χ3v) is 6.88. The zero-order valence-corrected chi connectivity index (χ0v) is 19.3. The molecule has 1 aromatic carbocycles. The first-order valence-electron chi connectivity index (χ1n) is 10.7. The van der Waals surface area contributed by atoms with Gasteiger partial charge in [-0.3, -0.25) is 14.1 Å². The molecule has 2 aromatic heterocycles. The normalized spacial score (nSPS) is 15.0. The third kappa shape index (κ3) is 4.83. The number of rotatable bonds is 4. The van der Waals surface area contributed by atoms with Gasteiger partial charge in [0.15, 0.2) is 17.3 Å². The number of benzene rings is 1. The van der Waals surface area contributed by atoms with Crippen LogP contribution in [0.2, 0.25) is 0 Å². The van der Waals surface area contributed by atoms with Gasteiger partial charge in [-0.2, -0.15) is 0 Å². The summed E-state index contributed by atoms with van der Waals surface area (Å²) in [5.74, 6) is -0.828. The Bertz CT molecular complexity index is 1230. The van der Waals surface area contributed by atoms with E-state index in [0.717, 1.165) is 11.1 Å². The van der Waals surface area contributed by atoms with E-state index in [0.29, 0.717) is 18.2 Å². The van der Waals surface area contributed by atoms with Crippen molar-refractivity contribution >= 4 is 32.7 Å². The van der Waals surface area contributed by atoms with Crippen LogP contribution in [0.15, 0.2) is 42.6 Å². The van der Waals surface area contributed by atoms with Crippen LogP contribution >= 0.6 is 0 Å². The largest absolute Gasteiger partial charge is 0.504 e. The lowest BCUT2D eigenvalue weighted by molar-refractivity contribution is 0.0943. The van der Waals surface area contributed by atoms with Crippen LogP contribution in [0.3, 0.4) is 0 Å². The van der Waals surface area contributed by atoms with Crippen molar-refractivity contribution in [3.05, 3.63) is 59.4 Å². The summed E-state index contributed by atoms with van der Waals surface area (Å²) in [6.07, 6.45) is 2.75. The Labute approximate surface area is 188 Å². The Balaban J connectivity index is 0.00000141. The molecule has 0 saturated carbocycles. The molecule has 2 N–H and O–H groups in total. The Morgan fingerprint density at radius 3 is 2.69 bits per heavy atom. The van der Waals surface area contributed by atoms with Crippen molar-refractivity contribution in [1.82, 2.24) is 15.3 Å². The van der Waals surface area contributed by atoms with E-state index in [9.17, 15) is 18.3 Å². The second-order valence-corrected chi connectivity index (χ2v) is 9.31. The minimum atomic E-state index is -3.55. The average molecular weight is 457 g/mol. The Morgan fingerprint density at radius 2 is 1.97 bits per heavy atom. The van der Waals surface area contributed by atoms with Crippen molar-refractivity contribution in [2.75, 3.05) is 16.6 Å². The molecule has 0 aliphatic carbocycles. The molecule has 1 saturated heterocycles. The fourth-order valence-electron chi connectivity index (χ4n) is 3.57. The molecule has 9 heteroatoms. The van der Waals surface area contributed by atoms with E-state index in [4.69, 9.17) is 0 Å². The van der Waals surface area contributed by atoms with Gasteiger partial charge in [-0.05, 0) is 37.5 Å². The van der Waals surface area contributed by atoms with E-state index in [2.05, 4.69) is 15.3 Å². The molecule has 0 bridgehead atoms. The number of hydrogen-bond donors (Lipinski definition) is 2. The highest BCUT2D eigenvalue weighted by atomic mass is 32.2. The monoisotopic (exact) mass is 456 g/mol. The molecule has 0 radical (unpaired) electrons. The molecular formula is C23H28N4O4S. The van der Waals surface area contributed by atoms with Crippen LogP contribution in [-0.2, 0) is 16.6 Å². The van der Waals surface area contributed by atoms with Crippen LogP contribution in [0, 0.1) is 6.92 Å². The lowest BCUT2D eigenvalue weighted by Crippen LogP contribution is -2.39. The molecule has 1 aliphatic heterocycles. The molecule has 0 spiro atoms. The van der Waals surface area contributed by atoms with E-state index in [1.54, 1.807) is 12.1 Å². The van der Waals surface area contributed by atoms with Crippen LogP contribution in [0.25, 0.3) is 10.9 Å². The molecular weight excluding hydrogens is 428 g/mol. The number of nitrogens with zero attached hydrogens (tertiary/aromatic N) is 3. The van der Waals surface area contributed by atoms with Gasteiger partial charge in [0.1, 0.15) is 5.52 Å². The molecule has 1 amide bonds. The first-order chi connectivity index (χ1) is 15.4. The van der Waals surface area contributed by atoms with Crippen LogP contribution in [0.4, 0.5) is 5.82 Å². The maximum atomic E-state index is 12.8. The maximum absolute atomic E-state index is 12.8. The number of fused-ring (bicyclic) bond motifs is 1. The zero-order valence-electron chi connectivity index (χ0n) is 18.5. The van der Waals surface area contributed by atoms with Gasteiger partial charge < -0.3 is 10.4 Å². The number of sulfonamides is 1. The number of aromatic hydroxyl groups is 1. The summed E-state index contributed by atoms with van der Waals surface area (Å²) in [5, 5.41) is 13.8. The summed E-state index contributed by atoms with van der Waals surface area (Å²) in [5.41, 5.74) is 1.87. The Morgan fingerprint density at radius 1 is 1.19 bits per heavy atom. The number of anilines is 1. The molecule has 170 valence electrons. The van der Waals surface area contributed by atoms with Gasteiger partial charge in [-0.1, -0.05) is 43.7 Å². The summed E-state index contributed by atoms with van der Waals surface area (Å²) in [6, 6.07) is 11.0. The summed E-state index contributed by atoms with van der Waals surface area (Å²) < 4.78 is 26.5. The molecule has 1 fully saturated rings. The van der Waals surface area contributed by atoms with E-state index in [1.807, 2.05) is 45.0 Å². The minimum absolute atomic E-state index is 0.0200. The van der Waals surface area contributed by atoms with Gasteiger partial charge in [0.2, 0.25) is 10.0 Å². The predicted octanol–water partition coefficient (Wildman–Crippen LogP) is 3.53. The number of hydrogen-bond acceptors (Lipinski definition) is 6. The number of pyridine rings is 2. The second-order valence-electron chi connectivity index (χ2n) is 7.30. The Hall–Kier alpha value is -3.20. The van der Waals surface area contributed by atoms with Crippen molar-refractivity contribution in [2.24, 2.45) is 0 Å². The summed E-state index contributed by atoms with van der Waals surface area (Å²) in [7, 11) is -3.55. The number of carbonyl (C=O) groups excluding carboxylic acids is 1. The molecule has 3 heterocycles. The topological polar surface area (TPSA) is 112 Å². The fourth-order valence-corrected chi connectivity index (χ4v) is 5.17. The van der Waals surface area contributed by atoms with Gasteiger partial charge >= 0.3 is 0 Å². The zero-order chi connectivity index (χ0) is 23.3. The highest BCUT2D eigenvalue weighted by Gasteiger charge is 2.31. The van der Waals surface area contributed by atoms with E-state index < -0.39 is 15.9 Å². The predicted molar refractivity (Wildman–Crippen MR) is 125 cm³/mol. The SMILES string of the molecule is CC.Cc1cccc(CNC(=O)c2nc(N3CCCCS3(=O)=O)c3cccnc3c2O)c1. The van der Waals surface area contributed by atoms with Gasteiger partial charge in [-0.25, -0.2) is 13.4 Å². The molecule has 0 unspecified atom stereocenters. The lowest BCUT2D eigenvalue weighted by atomic mass is 10.1. The molecule has 1 aliphatic rings. The molecule has 8 nitrogen and oxygen atoms in total. The van der Waals surface area contributed by atoms with Crippen LogP contribution in [-0.4, -0.2) is 41.7 Å². The second kappa shape index (κ2) is 9.95. The van der Waals surface area contributed by atoms with Gasteiger partial charge in [0.25, 0.3) is 5.91 Å². The third-order valence-electron chi connectivity index (χ3n) is 5.05. The summed E-state index contributed by atoms with van der Waals surface area (Å²) in [4.78, 5) is 21.3. The van der Waals surface area contributed by atoms with Crippen molar-refractivity contribution < 1.29 is 18.3 Å². The van der Waals surface area contributed by atoms with Gasteiger partial charge in [0.05, 0.1) is 5.75 Å². The first kappa shape index (κ1) is 23.5. The number of aromatic nitrogens is 2. The average Bonchev–Trinajstić information content (AvgIpc) is 2.79. The highest BCUT2D eigenvalue weighted by Crippen LogP contribution is 2.34.